The molecule has 6 nitrogen and oxygen atoms in total. The van der Waals surface area contributed by atoms with Crippen LogP contribution in [0.1, 0.15) is 21.8 Å². The molecular weight excluding hydrogens is 393 g/mol. The zero-order valence-electron chi connectivity index (χ0n) is 15.8. The lowest BCUT2D eigenvalue weighted by Crippen LogP contribution is -2.30. The predicted molar refractivity (Wildman–Crippen MR) is 105 cm³/mol. The molecule has 0 aliphatic carbocycles. The van der Waals surface area contributed by atoms with Crippen molar-refractivity contribution in [2.75, 3.05) is 13.1 Å². The normalized spacial score (nSPS) is 20.1. The minimum absolute atomic E-state index is 0.0503. The third-order valence-electron chi connectivity index (χ3n) is 5.26. The molecule has 1 fully saturated rings. The first-order chi connectivity index (χ1) is 13.9. The van der Waals surface area contributed by atoms with Crippen LogP contribution in [-0.4, -0.2) is 41.1 Å². The van der Waals surface area contributed by atoms with Crippen molar-refractivity contribution in [1.82, 2.24) is 13.9 Å². The van der Waals surface area contributed by atoms with Gasteiger partial charge in [0.1, 0.15) is 5.82 Å². The predicted octanol–water partition coefficient (Wildman–Crippen LogP) is 2.85. The number of carbonyl (C=O) groups excluding carboxylic acids is 1. The molecule has 1 aliphatic rings. The minimum Gasteiger partial charge on any atom is -0.339 e. The number of halogens is 1. The molecule has 1 aliphatic heterocycles. The van der Waals surface area contributed by atoms with Gasteiger partial charge in [0.15, 0.2) is 10.8 Å². The quantitative estimate of drug-likeness (QED) is 0.603. The standard InChI is InChI=1S/C21H20FN3O3S/c1-24-13-20(23-14-24)29(27,28)25-11-18(15-7-9-17(22)10-8-15)19(12-25)21(26)16-5-3-2-4-6-16/h2-10,13-14,18-19H,11-12H2,1H3. The van der Waals surface area contributed by atoms with E-state index >= 15 is 0 Å². The Bertz CT molecular complexity index is 1130. The van der Waals surface area contributed by atoms with Crippen LogP contribution in [0.15, 0.2) is 72.1 Å². The second-order valence-corrected chi connectivity index (χ2v) is 9.08. The second-order valence-electron chi connectivity index (χ2n) is 7.19. The Kier molecular flexibility index (Phi) is 5.06. The van der Waals surface area contributed by atoms with Crippen LogP contribution in [0.4, 0.5) is 4.39 Å². The fourth-order valence-corrected chi connectivity index (χ4v) is 5.21. The molecule has 0 spiro atoms. The van der Waals surface area contributed by atoms with E-state index in [4.69, 9.17) is 0 Å². The molecule has 8 heteroatoms. The molecule has 0 bridgehead atoms. The lowest BCUT2D eigenvalue weighted by molar-refractivity contribution is 0.0918. The Morgan fingerprint density at radius 2 is 1.76 bits per heavy atom. The maximum atomic E-state index is 13.4. The van der Waals surface area contributed by atoms with E-state index in [9.17, 15) is 17.6 Å². The van der Waals surface area contributed by atoms with Gasteiger partial charge < -0.3 is 4.57 Å². The van der Waals surface area contributed by atoms with Crippen molar-refractivity contribution < 1.29 is 17.6 Å². The SMILES string of the molecule is Cn1cnc(S(=O)(=O)N2CC(C(=O)c3ccccc3)C(c3ccc(F)cc3)C2)c1. The van der Waals surface area contributed by atoms with Crippen molar-refractivity contribution in [3.8, 4) is 0 Å². The number of sulfonamides is 1. The average Bonchev–Trinajstić information content (AvgIpc) is 3.36. The van der Waals surface area contributed by atoms with E-state index in [1.165, 1.54) is 29.0 Å². The van der Waals surface area contributed by atoms with Crippen molar-refractivity contribution in [1.29, 1.82) is 0 Å². The maximum Gasteiger partial charge on any atom is 0.262 e. The zero-order chi connectivity index (χ0) is 20.6. The molecule has 0 amide bonds. The van der Waals surface area contributed by atoms with Gasteiger partial charge in [0.2, 0.25) is 0 Å². The molecule has 2 atom stereocenters. The minimum atomic E-state index is -3.84. The van der Waals surface area contributed by atoms with Gasteiger partial charge in [-0.05, 0) is 17.7 Å². The molecule has 3 aromatic rings. The van der Waals surface area contributed by atoms with Crippen LogP contribution in [0.3, 0.4) is 0 Å². The van der Waals surface area contributed by atoms with Gasteiger partial charge in [0.05, 0.1) is 6.33 Å². The highest BCUT2D eigenvalue weighted by molar-refractivity contribution is 7.89. The summed E-state index contributed by atoms with van der Waals surface area (Å²) in [6, 6.07) is 14.7. The summed E-state index contributed by atoms with van der Waals surface area (Å²) in [5, 5.41) is -0.0503. The Morgan fingerprint density at radius 3 is 2.38 bits per heavy atom. The van der Waals surface area contributed by atoms with Crippen molar-refractivity contribution in [3.05, 3.63) is 84.1 Å². The second kappa shape index (κ2) is 7.53. The third-order valence-corrected chi connectivity index (χ3v) is 6.98. The third kappa shape index (κ3) is 3.73. The van der Waals surface area contributed by atoms with E-state index in [0.29, 0.717) is 5.56 Å². The molecule has 4 rings (SSSR count). The fourth-order valence-electron chi connectivity index (χ4n) is 3.75. The van der Waals surface area contributed by atoms with Gasteiger partial charge in [0.25, 0.3) is 10.0 Å². The van der Waals surface area contributed by atoms with E-state index in [1.54, 1.807) is 48.0 Å². The van der Waals surface area contributed by atoms with Crippen LogP contribution < -0.4 is 0 Å². The number of carbonyl (C=O) groups is 1. The molecule has 150 valence electrons. The van der Waals surface area contributed by atoms with Crippen LogP contribution in [0.25, 0.3) is 0 Å². The summed E-state index contributed by atoms with van der Waals surface area (Å²) in [4.78, 5) is 17.2. The van der Waals surface area contributed by atoms with Gasteiger partial charge in [-0.3, -0.25) is 4.79 Å². The topological polar surface area (TPSA) is 72.3 Å². The van der Waals surface area contributed by atoms with Gasteiger partial charge in [-0.25, -0.2) is 17.8 Å². The largest absolute Gasteiger partial charge is 0.339 e. The van der Waals surface area contributed by atoms with Gasteiger partial charge in [-0.15, -0.1) is 0 Å². The smallest absolute Gasteiger partial charge is 0.262 e. The van der Waals surface area contributed by atoms with E-state index < -0.39 is 15.9 Å². The molecule has 1 saturated heterocycles. The van der Waals surface area contributed by atoms with Crippen molar-refractivity contribution in [2.45, 2.75) is 10.9 Å². The average molecular weight is 413 g/mol. The monoisotopic (exact) mass is 413 g/mol. The number of aromatic nitrogens is 2. The summed E-state index contributed by atoms with van der Waals surface area (Å²) in [6.07, 6.45) is 2.86. The Balaban J connectivity index is 1.71. The van der Waals surface area contributed by atoms with Crippen molar-refractivity contribution >= 4 is 15.8 Å². The lowest BCUT2D eigenvalue weighted by atomic mass is 9.84. The van der Waals surface area contributed by atoms with E-state index in [0.717, 1.165) is 5.56 Å². The van der Waals surface area contributed by atoms with Crippen LogP contribution in [0.2, 0.25) is 0 Å². The number of nitrogens with zero attached hydrogens (tertiary/aromatic N) is 3. The lowest BCUT2D eigenvalue weighted by Gasteiger charge is -2.17. The Morgan fingerprint density at radius 1 is 1.07 bits per heavy atom. The van der Waals surface area contributed by atoms with Crippen LogP contribution in [-0.2, 0) is 17.1 Å². The number of Topliss-reactive ketones (excluding diaryl/α,β-unsaturated/α-hetero) is 1. The number of rotatable bonds is 5. The summed E-state index contributed by atoms with van der Waals surface area (Å²) in [5.41, 5.74) is 1.26. The highest BCUT2D eigenvalue weighted by atomic mass is 32.2. The summed E-state index contributed by atoms with van der Waals surface area (Å²) >= 11 is 0. The van der Waals surface area contributed by atoms with Crippen LogP contribution in [0, 0.1) is 11.7 Å². The van der Waals surface area contributed by atoms with Crippen LogP contribution in [0.5, 0.6) is 0 Å². The van der Waals surface area contributed by atoms with E-state index in [-0.39, 0.29) is 35.6 Å². The highest BCUT2D eigenvalue weighted by Gasteiger charge is 2.44. The van der Waals surface area contributed by atoms with Gasteiger partial charge in [-0.1, -0.05) is 42.5 Å². The first-order valence-electron chi connectivity index (χ1n) is 9.19. The first-order valence-corrected chi connectivity index (χ1v) is 10.6. The Hall–Kier alpha value is -2.84. The van der Waals surface area contributed by atoms with E-state index in [2.05, 4.69) is 4.98 Å². The molecule has 29 heavy (non-hydrogen) atoms. The van der Waals surface area contributed by atoms with Gasteiger partial charge >= 0.3 is 0 Å². The zero-order valence-corrected chi connectivity index (χ0v) is 16.6. The number of aryl methyl sites for hydroxylation is 1. The number of ketones is 1. The number of benzene rings is 2. The number of hydrogen-bond donors (Lipinski definition) is 0. The first kappa shape index (κ1) is 19.5. The van der Waals surface area contributed by atoms with Gasteiger partial charge in [0, 0.05) is 43.7 Å². The summed E-state index contributed by atoms with van der Waals surface area (Å²) in [7, 11) is -2.15. The maximum absolute atomic E-state index is 13.4. The number of imidazole rings is 1. The highest BCUT2D eigenvalue weighted by Crippen LogP contribution is 2.37. The Labute approximate surface area is 168 Å². The summed E-state index contributed by atoms with van der Waals surface area (Å²) in [6.45, 7) is 0.183. The molecule has 2 unspecified atom stereocenters. The molecule has 1 aromatic heterocycles. The number of hydrogen-bond acceptors (Lipinski definition) is 4. The molecule has 2 aromatic carbocycles. The van der Waals surface area contributed by atoms with E-state index in [1.807, 2.05) is 6.07 Å². The fraction of sp³-hybridized carbons (Fsp3) is 0.238. The van der Waals surface area contributed by atoms with Crippen molar-refractivity contribution in [2.24, 2.45) is 13.0 Å². The summed E-state index contributed by atoms with van der Waals surface area (Å²) in [5.74, 6) is -1.45. The molecule has 0 saturated carbocycles. The molecule has 0 radical (unpaired) electrons. The molecular formula is C21H20FN3O3S. The van der Waals surface area contributed by atoms with Crippen LogP contribution >= 0.6 is 0 Å². The molecule has 0 N–H and O–H groups in total. The van der Waals surface area contributed by atoms with Gasteiger partial charge in [-0.2, -0.15) is 4.31 Å². The molecule has 2 heterocycles. The summed E-state index contributed by atoms with van der Waals surface area (Å²) < 4.78 is 42.4. The van der Waals surface area contributed by atoms with Crippen molar-refractivity contribution in [3.63, 3.8) is 0 Å².